The van der Waals surface area contributed by atoms with Crippen LogP contribution in [0.15, 0.2) is 12.1 Å². The number of fused-ring (bicyclic) bond motifs is 1. The fourth-order valence-corrected chi connectivity index (χ4v) is 4.04. The smallest absolute Gasteiger partial charge is 0.341 e. The fraction of sp³-hybridized carbons (Fsp3) is 0.333. The van der Waals surface area contributed by atoms with Crippen molar-refractivity contribution >= 4 is 39.8 Å². The van der Waals surface area contributed by atoms with Crippen LogP contribution in [-0.4, -0.2) is 32.2 Å². The summed E-state index contributed by atoms with van der Waals surface area (Å²) in [4.78, 5) is 25.4. The third-order valence-corrected chi connectivity index (χ3v) is 5.45. The third-order valence-electron chi connectivity index (χ3n) is 4.05. The molecule has 1 aromatic heterocycles. The van der Waals surface area contributed by atoms with Crippen molar-refractivity contribution in [2.75, 3.05) is 25.6 Å². The summed E-state index contributed by atoms with van der Waals surface area (Å²) in [7, 11) is 1.32. The lowest BCUT2D eigenvalue weighted by atomic mass is 10.1. The van der Waals surface area contributed by atoms with Gasteiger partial charge in [-0.1, -0.05) is 11.6 Å². The first-order valence-electron chi connectivity index (χ1n) is 7.97. The van der Waals surface area contributed by atoms with E-state index in [1.165, 1.54) is 18.4 Å². The standard InChI is InChI=1S/C18H18ClNO5S/c1-9-10(2)26-17(15(9)18(22)23-3)20-14(21)8-11-6-12(19)16-13(7-11)24-4-5-25-16/h6-7H,4-5,8H2,1-3H3,(H,20,21). The third kappa shape index (κ3) is 3.64. The number of ether oxygens (including phenoxy) is 3. The van der Waals surface area contributed by atoms with E-state index in [1.54, 1.807) is 12.1 Å². The molecule has 1 aromatic carbocycles. The Balaban J connectivity index is 1.79. The highest BCUT2D eigenvalue weighted by molar-refractivity contribution is 7.16. The summed E-state index contributed by atoms with van der Waals surface area (Å²) in [5.74, 6) is 0.304. The lowest BCUT2D eigenvalue weighted by Crippen LogP contribution is -2.18. The number of methoxy groups -OCH3 is 1. The van der Waals surface area contributed by atoms with Gasteiger partial charge in [-0.2, -0.15) is 0 Å². The highest BCUT2D eigenvalue weighted by atomic mass is 35.5. The summed E-state index contributed by atoms with van der Waals surface area (Å²) in [6.07, 6.45) is 0.0902. The van der Waals surface area contributed by atoms with Crippen LogP contribution < -0.4 is 14.8 Å². The molecule has 0 saturated heterocycles. The minimum absolute atomic E-state index is 0.0902. The molecule has 1 amide bonds. The Labute approximate surface area is 160 Å². The van der Waals surface area contributed by atoms with E-state index in [4.69, 9.17) is 25.8 Å². The van der Waals surface area contributed by atoms with E-state index in [1.807, 2.05) is 13.8 Å². The predicted molar refractivity (Wildman–Crippen MR) is 99.9 cm³/mol. The maximum Gasteiger partial charge on any atom is 0.341 e. The van der Waals surface area contributed by atoms with E-state index in [-0.39, 0.29) is 12.3 Å². The molecule has 1 N–H and O–H groups in total. The zero-order valence-electron chi connectivity index (χ0n) is 14.6. The Morgan fingerprint density at radius 3 is 2.73 bits per heavy atom. The second-order valence-corrected chi connectivity index (χ2v) is 7.44. The molecule has 0 radical (unpaired) electrons. The highest BCUT2D eigenvalue weighted by Gasteiger charge is 2.22. The predicted octanol–water partition coefficient (Wildman–Crippen LogP) is 3.76. The molecule has 0 aliphatic carbocycles. The van der Waals surface area contributed by atoms with Crippen molar-refractivity contribution in [2.45, 2.75) is 20.3 Å². The number of aryl methyl sites for hydroxylation is 1. The molecule has 3 rings (SSSR count). The van der Waals surface area contributed by atoms with E-state index >= 15 is 0 Å². The van der Waals surface area contributed by atoms with Gasteiger partial charge in [0.15, 0.2) is 11.5 Å². The first kappa shape index (κ1) is 18.5. The molecule has 26 heavy (non-hydrogen) atoms. The second-order valence-electron chi connectivity index (χ2n) is 5.81. The number of anilines is 1. The van der Waals surface area contributed by atoms with Crippen LogP contribution in [0.1, 0.15) is 26.4 Å². The number of rotatable bonds is 4. The van der Waals surface area contributed by atoms with Gasteiger partial charge in [-0.25, -0.2) is 4.79 Å². The Kier molecular flexibility index (Phi) is 5.38. The Hall–Kier alpha value is -2.25. The number of esters is 1. The maximum absolute atomic E-state index is 12.5. The lowest BCUT2D eigenvalue weighted by molar-refractivity contribution is -0.115. The SMILES string of the molecule is COC(=O)c1c(NC(=O)Cc2cc(Cl)c3c(c2)OCCO3)sc(C)c1C. The lowest BCUT2D eigenvalue weighted by Gasteiger charge is -2.20. The van der Waals surface area contributed by atoms with Crippen LogP contribution in [0.5, 0.6) is 11.5 Å². The molecule has 6 nitrogen and oxygen atoms in total. The topological polar surface area (TPSA) is 73.9 Å². The molecule has 2 aromatic rings. The molecule has 1 aliphatic heterocycles. The minimum atomic E-state index is -0.468. The average Bonchev–Trinajstić information content (AvgIpc) is 2.88. The molecule has 138 valence electrons. The van der Waals surface area contributed by atoms with Crippen molar-refractivity contribution in [3.05, 3.63) is 38.7 Å². The quantitative estimate of drug-likeness (QED) is 0.798. The molecule has 0 atom stereocenters. The van der Waals surface area contributed by atoms with Crippen molar-refractivity contribution in [3.8, 4) is 11.5 Å². The van der Waals surface area contributed by atoms with Gasteiger partial charge in [-0.05, 0) is 37.1 Å². The Morgan fingerprint density at radius 1 is 1.27 bits per heavy atom. The highest BCUT2D eigenvalue weighted by Crippen LogP contribution is 2.38. The molecule has 1 aliphatic rings. The summed E-state index contributed by atoms with van der Waals surface area (Å²) in [6, 6.07) is 3.42. The van der Waals surface area contributed by atoms with E-state index in [9.17, 15) is 9.59 Å². The van der Waals surface area contributed by atoms with Crippen LogP contribution in [-0.2, 0) is 16.0 Å². The number of nitrogens with one attached hydrogen (secondary N) is 1. The van der Waals surface area contributed by atoms with E-state index in [0.717, 1.165) is 10.4 Å². The number of hydrogen-bond acceptors (Lipinski definition) is 6. The van der Waals surface area contributed by atoms with Crippen LogP contribution in [0.2, 0.25) is 5.02 Å². The zero-order valence-corrected chi connectivity index (χ0v) is 16.2. The summed E-state index contributed by atoms with van der Waals surface area (Å²) in [5.41, 5.74) is 1.89. The van der Waals surface area contributed by atoms with Gasteiger partial charge in [0.2, 0.25) is 5.91 Å². The van der Waals surface area contributed by atoms with Crippen LogP contribution >= 0.6 is 22.9 Å². The number of carbonyl (C=O) groups excluding carboxylic acids is 2. The number of halogens is 1. The number of benzene rings is 1. The first-order chi connectivity index (χ1) is 12.4. The van der Waals surface area contributed by atoms with Gasteiger partial charge >= 0.3 is 5.97 Å². The van der Waals surface area contributed by atoms with Gasteiger partial charge in [0.05, 0.1) is 24.1 Å². The van der Waals surface area contributed by atoms with Crippen LogP contribution in [0, 0.1) is 13.8 Å². The Bertz CT molecular complexity index is 877. The van der Waals surface area contributed by atoms with Gasteiger partial charge in [-0.3, -0.25) is 4.79 Å². The van der Waals surface area contributed by atoms with Crippen molar-refractivity contribution < 1.29 is 23.8 Å². The molecular weight excluding hydrogens is 378 g/mol. The van der Waals surface area contributed by atoms with Gasteiger partial charge in [0, 0.05) is 4.88 Å². The average molecular weight is 396 g/mol. The van der Waals surface area contributed by atoms with Crippen LogP contribution in [0.25, 0.3) is 0 Å². The van der Waals surface area contributed by atoms with Gasteiger partial charge < -0.3 is 19.5 Å². The van der Waals surface area contributed by atoms with E-state index < -0.39 is 5.97 Å². The monoisotopic (exact) mass is 395 g/mol. The number of carbonyl (C=O) groups is 2. The fourth-order valence-electron chi connectivity index (χ4n) is 2.69. The van der Waals surface area contributed by atoms with Crippen molar-refractivity contribution in [1.82, 2.24) is 0 Å². The summed E-state index contributed by atoms with van der Waals surface area (Å²) in [6.45, 7) is 4.60. The molecule has 8 heteroatoms. The van der Waals surface area contributed by atoms with Gasteiger partial charge in [0.1, 0.15) is 18.2 Å². The normalized spacial score (nSPS) is 12.6. The number of hydrogen-bond donors (Lipinski definition) is 1. The van der Waals surface area contributed by atoms with Crippen LogP contribution in [0.3, 0.4) is 0 Å². The van der Waals surface area contributed by atoms with Crippen molar-refractivity contribution in [2.24, 2.45) is 0 Å². The van der Waals surface area contributed by atoms with Gasteiger partial charge in [-0.15, -0.1) is 11.3 Å². The molecule has 0 saturated carbocycles. The molecule has 2 heterocycles. The summed E-state index contributed by atoms with van der Waals surface area (Å²) in [5, 5.41) is 3.69. The number of thiophene rings is 1. The zero-order chi connectivity index (χ0) is 18.8. The van der Waals surface area contributed by atoms with Crippen molar-refractivity contribution in [1.29, 1.82) is 0 Å². The number of amides is 1. The maximum atomic E-state index is 12.5. The summed E-state index contributed by atoms with van der Waals surface area (Å²) >= 11 is 7.55. The largest absolute Gasteiger partial charge is 0.486 e. The molecule has 0 spiro atoms. The van der Waals surface area contributed by atoms with E-state index in [2.05, 4.69) is 5.32 Å². The minimum Gasteiger partial charge on any atom is -0.486 e. The van der Waals surface area contributed by atoms with Crippen molar-refractivity contribution in [3.63, 3.8) is 0 Å². The second kappa shape index (κ2) is 7.55. The molecule has 0 bridgehead atoms. The first-order valence-corrected chi connectivity index (χ1v) is 9.16. The van der Waals surface area contributed by atoms with Crippen LogP contribution in [0.4, 0.5) is 5.00 Å². The molecule has 0 fully saturated rings. The van der Waals surface area contributed by atoms with Gasteiger partial charge in [0.25, 0.3) is 0 Å². The molecular formula is C18H18ClNO5S. The van der Waals surface area contributed by atoms with E-state index in [0.29, 0.717) is 45.9 Å². The summed E-state index contributed by atoms with van der Waals surface area (Å²) < 4.78 is 15.8. The Morgan fingerprint density at radius 2 is 2.00 bits per heavy atom. The molecule has 0 unspecified atom stereocenters.